The molecule has 0 heterocycles. The highest BCUT2D eigenvalue weighted by Crippen LogP contribution is 2.23. The summed E-state index contributed by atoms with van der Waals surface area (Å²) in [5.74, 6) is -1.89. The third kappa shape index (κ3) is 6.63. The Bertz CT molecular complexity index is 617. The van der Waals surface area contributed by atoms with Gasteiger partial charge in [0.2, 0.25) is 0 Å². The molecule has 0 spiro atoms. The van der Waals surface area contributed by atoms with E-state index in [0.29, 0.717) is 6.92 Å². The molecule has 0 bridgehead atoms. The van der Waals surface area contributed by atoms with Gasteiger partial charge in [0.15, 0.2) is 6.10 Å². The first kappa shape index (κ1) is 19.4. The molecule has 1 aromatic rings. The molecule has 0 saturated carbocycles. The summed E-state index contributed by atoms with van der Waals surface area (Å²) in [4.78, 5) is 32.7. The van der Waals surface area contributed by atoms with Crippen LogP contribution in [0.15, 0.2) is 24.3 Å². The molecular weight excluding hydrogens is 335 g/mol. The molecule has 1 unspecified atom stereocenters. The number of alkyl halides is 3. The van der Waals surface area contributed by atoms with E-state index < -0.39 is 29.1 Å². The van der Waals surface area contributed by atoms with Crippen LogP contribution in [0, 0.1) is 10.1 Å². The van der Waals surface area contributed by atoms with Gasteiger partial charge in [-0.3, -0.25) is 19.7 Å². The predicted molar refractivity (Wildman–Crippen MR) is 74.2 cm³/mol. The van der Waals surface area contributed by atoms with Crippen molar-refractivity contribution in [2.24, 2.45) is 0 Å². The molecule has 0 aliphatic rings. The van der Waals surface area contributed by atoms with E-state index >= 15 is 0 Å². The van der Waals surface area contributed by atoms with Gasteiger partial charge in [0.05, 0.1) is 11.0 Å². The van der Waals surface area contributed by atoms with Gasteiger partial charge in [0, 0.05) is 18.9 Å². The van der Waals surface area contributed by atoms with E-state index in [-0.39, 0.29) is 30.7 Å². The monoisotopic (exact) mass is 349 g/mol. The normalized spacial score (nSPS) is 12.3. The van der Waals surface area contributed by atoms with Crippen molar-refractivity contribution in [1.29, 1.82) is 0 Å². The van der Waals surface area contributed by atoms with E-state index in [1.165, 1.54) is 18.2 Å². The van der Waals surface area contributed by atoms with Crippen molar-refractivity contribution in [3.63, 3.8) is 0 Å². The summed E-state index contributed by atoms with van der Waals surface area (Å²) in [5.41, 5.74) is -0.259. The highest BCUT2D eigenvalue weighted by atomic mass is 19.4. The molecule has 1 rings (SSSR count). The summed E-state index contributed by atoms with van der Waals surface area (Å²) < 4.78 is 45.6. The Morgan fingerprint density at radius 3 is 2.46 bits per heavy atom. The lowest BCUT2D eigenvalue weighted by atomic mass is 10.2. The number of non-ortho nitro benzene ring substituents is 1. The molecule has 0 radical (unpaired) electrons. The molecule has 0 aromatic heterocycles. The molecule has 0 amide bonds. The van der Waals surface area contributed by atoms with Gasteiger partial charge in [-0.1, -0.05) is 6.07 Å². The van der Waals surface area contributed by atoms with Crippen LogP contribution in [-0.4, -0.2) is 29.1 Å². The summed E-state index contributed by atoms with van der Waals surface area (Å²) in [6.07, 6.45) is -7.57. The first-order valence-corrected chi connectivity index (χ1v) is 6.81. The number of benzene rings is 1. The lowest BCUT2D eigenvalue weighted by Crippen LogP contribution is -2.30. The van der Waals surface area contributed by atoms with E-state index in [0.717, 1.165) is 6.07 Å². The molecule has 0 saturated heterocycles. The van der Waals surface area contributed by atoms with Crippen LogP contribution < -0.4 is 4.74 Å². The molecule has 10 heteroatoms. The average Bonchev–Trinajstić information content (AvgIpc) is 2.46. The minimum absolute atomic E-state index is 0.0394. The molecule has 0 fully saturated rings. The van der Waals surface area contributed by atoms with Gasteiger partial charge in [-0.15, -0.1) is 0 Å². The summed E-state index contributed by atoms with van der Waals surface area (Å²) in [6.45, 7) is 0.703. The number of rotatable bonds is 7. The van der Waals surface area contributed by atoms with Gasteiger partial charge < -0.3 is 9.47 Å². The Balaban J connectivity index is 2.38. The van der Waals surface area contributed by atoms with Gasteiger partial charge in [0.1, 0.15) is 5.75 Å². The van der Waals surface area contributed by atoms with Crippen molar-refractivity contribution in [3.05, 3.63) is 34.4 Å². The van der Waals surface area contributed by atoms with Crippen molar-refractivity contribution in [3.8, 4) is 5.75 Å². The molecule has 7 nitrogen and oxygen atoms in total. The van der Waals surface area contributed by atoms with Gasteiger partial charge in [-0.25, -0.2) is 0 Å². The number of hydrogen-bond donors (Lipinski definition) is 0. The van der Waals surface area contributed by atoms with Crippen molar-refractivity contribution in [2.45, 2.75) is 38.5 Å². The zero-order valence-electron chi connectivity index (χ0n) is 12.5. The molecule has 1 aromatic carbocycles. The minimum Gasteiger partial charge on any atom is -0.453 e. The van der Waals surface area contributed by atoms with Crippen LogP contribution in [0.5, 0.6) is 5.75 Å². The minimum atomic E-state index is -4.64. The Hall–Kier alpha value is -2.65. The van der Waals surface area contributed by atoms with Gasteiger partial charge in [-0.05, 0) is 19.4 Å². The first-order valence-electron chi connectivity index (χ1n) is 6.81. The topological polar surface area (TPSA) is 95.7 Å². The number of esters is 2. The largest absolute Gasteiger partial charge is 0.453 e. The number of ether oxygens (including phenoxy) is 2. The first-order chi connectivity index (χ1) is 11.1. The van der Waals surface area contributed by atoms with E-state index in [1.807, 2.05) is 0 Å². The number of carbonyl (C=O) groups is 2. The van der Waals surface area contributed by atoms with Crippen molar-refractivity contribution < 1.29 is 37.2 Å². The maximum atomic E-state index is 12.2. The van der Waals surface area contributed by atoms with E-state index in [4.69, 9.17) is 4.74 Å². The zero-order chi connectivity index (χ0) is 18.3. The number of nitrogens with zero attached hydrogens (tertiary/aromatic N) is 1. The van der Waals surface area contributed by atoms with Crippen LogP contribution in [0.4, 0.5) is 18.9 Å². The summed E-state index contributed by atoms with van der Waals surface area (Å²) >= 11 is 0. The standard InChI is InChI=1S/C14H14F3NO6/c1-9(14(15,16)17)23-12(19)6-3-7-13(20)24-11-5-2-4-10(8-11)18(21)22/h2,4-5,8-9H,3,6-7H2,1H3. The van der Waals surface area contributed by atoms with Crippen LogP contribution in [0.2, 0.25) is 0 Å². The summed E-state index contributed by atoms with van der Waals surface area (Å²) in [5, 5.41) is 10.6. The third-order valence-corrected chi connectivity index (χ3v) is 2.79. The van der Waals surface area contributed by atoms with E-state index in [2.05, 4.69) is 4.74 Å². The number of nitro benzene ring substituents is 1. The summed E-state index contributed by atoms with van der Waals surface area (Å²) in [6, 6.07) is 4.94. The van der Waals surface area contributed by atoms with Gasteiger partial charge >= 0.3 is 18.1 Å². The molecular formula is C14H14F3NO6. The second-order valence-electron chi connectivity index (χ2n) is 4.76. The SMILES string of the molecule is CC(OC(=O)CCCC(=O)Oc1cccc([N+](=O)[O-])c1)C(F)(F)F. The maximum absolute atomic E-state index is 12.2. The Kier molecular flexibility index (Phi) is 6.69. The zero-order valence-corrected chi connectivity index (χ0v) is 12.5. The van der Waals surface area contributed by atoms with Crippen LogP contribution in [0.1, 0.15) is 26.2 Å². The number of carbonyl (C=O) groups excluding carboxylic acids is 2. The predicted octanol–water partition coefficient (Wildman–Crippen LogP) is 3.16. The van der Waals surface area contributed by atoms with E-state index in [1.54, 1.807) is 0 Å². The fourth-order valence-electron chi connectivity index (χ4n) is 1.54. The quantitative estimate of drug-likeness (QED) is 0.325. The number of halogens is 3. The Labute approximate surface area is 134 Å². The third-order valence-electron chi connectivity index (χ3n) is 2.79. The molecule has 0 N–H and O–H groups in total. The van der Waals surface area contributed by atoms with Crippen molar-refractivity contribution >= 4 is 17.6 Å². The molecule has 132 valence electrons. The highest BCUT2D eigenvalue weighted by molar-refractivity contribution is 5.74. The lowest BCUT2D eigenvalue weighted by molar-refractivity contribution is -0.384. The maximum Gasteiger partial charge on any atom is 0.425 e. The van der Waals surface area contributed by atoms with Crippen LogP contribution in [0.25, 0.3) is 0 Å². The van der Waals surface area contributed by atoms with Crippen molar-refractivity contribution in [1.82, 2.24) is 0 Å². The second-order valence-corrected chi connectivity index (χ2v) is 4.76. The average molecular weight is 349 g/mol. The van der Waals surface area contributed by atoms with Gasteiger partial charge in [0.25, 0.3) is 5.69 Å². The second kappa shape index (κ2) is 8.27. The summed E-state index contributed by atoms with van der Waals surface area (Å²) in [7, 11) is 0. The molecule has 24 heavy (non-hydrogen) atoms. The fourth-order valence-corrected chi connectivity index (χ4v) is 1.54. The number of hydrogen-bond acceptors (Lipinski definition) is 6. The van der Waals surface area contributed by atoms with E-state index in [9.17, 15) is 32.9 Å². The van der Waals surface area contributed by atoms with Crippen molar-refractivity contribution in [2.75, 3.05) is 0 Å². The van der Waals surface area contributed by atoms with Gasteiger partial charge in [-0.2, -0.15) is 13.2 Å². The smallest absolute Gasteiger partial charge is 0.425 e. The molecule has 0 aliphatic heterocycles. The Morgan fingerprint density at radius 1 is 1.25 bits per heavy atom. The van der Waals surface area contributed by atoms with Crippen LogP contribution in [-0.2, 0) is 14.3 Å². The number of nitro groups is 1. The lowest BCUT2D eigenvalue weighted by Gasteiger charge is -2.16. The Morgan fingerprint density at radius 2 is 1.88 bits per heavy atom. The van der Waals surface area contributed by atoms with Crippen LogP contribution in [0.3, 0.4) is 0 Å². The fraction of sp³-hybridized carbons (Fsp3) is 0.429. The highest BCUT2D eigenvalue weighted by Gasteiger charge is 2.38. The molecule has 1 atom stereocenters. The van der Waals surface area contributed by atoms with Crippen LogP contribution >= 0.6 is 0 Å². The molecule has 0 aliphatic carbocycles.